The first kappa shape index (κ1) is 13.9. The average Bonchev–Trinajstić information content (AvgIpc) is 2.84. The van der Waals surface area contributed by atoms with Gasteiger partial charge in [0.15, 0.2) is 0 Å². The molecule has 0 saturated heterocycles. The molecule has 5 nitrogen and oxygen atoms in total. The highest BCUT2D eigenvalue weighted by Crippen LogP contribution is 2.22. The number of aromatic nitrogens is 1. The van der Waals surface area contributed by atoms with Crippen LogP contribution in [0.3, 0.4) is 0 Å². The van der Waals surface area contributed by atoms with Crippen molar-refractivity contribution in [1.82, 2.24) is 9.71 Å². The van der Waals surface area contributed by atoms with E-state index >= 15 is 0 Å². The zero-order valence-electron chi connectivity index (χ0n) is 10.1. The lowest BCUT2D eigenvalue weighted by Gasteiger charge is -2.10. The van der Waals surface area contributed by atoms with Crippen LogP contribution in [0.5, 0.6) is 0 Å². The fraction of sp³-hybridized carbons (Fsp3) is 0.182. The summed E-state index contributed by atoms with van der Waals surface area (Å²) in [4.78, 5) is 3.81. The van der Waals surface area contributed by atoms with Gasteiger partial charge in [-0.1, -0.05) is 0 Å². The Bertz CT molecular complexity index is 684. The van der Waals surface area contributed by atoms with Gasteiger partial charge in [-0.3, -0.25) is 0 Å². The van der Waals surface area contributed by atoms with Crippen LogP contribution in [0.2, 0.25) is 0 Å². The quantitative estimate of drug-likeness (QED) is 0.841. The molecule has 1 aromatic carbocycles. The monoisotopic (exact) mass is 301 g/mol. The van der Waals surface area contributed by atoms with Crippen LogP contribution >= 0.6 is 11.3 Å². The summed E-state index contributed by atoms with van der Waals surface area (Å²) < 4.78 is 40.1. The Morgan fingerprint density at radius 3 is 2.84 bits per heavy atom. The van der Waals surface area contributed by atoms with Crippen molar-refractivity contribution in [3.8, 4) is 0 Å². The molecular formula is C11H12FN3O2S2. The minimum absolute atomic E-state index is 0.0424. The van der Waals surface area contributed by atoms with E-state index in [0.29, 0.717) is 5.01 Å². The summed E-state index contributed by atoms with van der Waals surface area (Å²) in [6.07, 6.45) is 1.58. The van der Waals surface area contributed by atoms with E-state index in [1.165, 1.54) is 24.3 Å². The molecule has 0 radical (unpaired) electrons. The van der Waals surface area contributed by atoms with E-state index in [-0.39, 0.29) is 22.7 Å². The maximum atomic E-state index is 13.5. The second kappa shape index (κ2) is 5.24. The SMILES string of the molecule is Cc1c(F)cc(N)cc1S(=O)(=O)NCc1nccs1. The number of nitrogens with one attached hydrogen (secondary N) is 1. The smallest absolute Gasteiger partial charge is 0.241 e. The van der Waals surface area contributed by atoms with Gasteiger partial charge in [0.2, 0.25) is 10.0 Å². The van der Waals surface area contributed by atoms with E-state index in [0.717, 1.165) is 6.07 Å². The third kappa shape index (κ3) is 3.09. The number of hydrogen-bond donors (Lipinski definition) is 2. The summed E-state index contributed by atoms with van der Waals surface area (Å²) in [5.74, 6) is -0.644. The Hall–Kier alpha value is -1.51. The fourth-order valence-electron chi connectivity index (χ4n) is 1.53. The first-order valence-corrected chi connectivity index (χ1v) is 7.70. The van der Waals surface area contributed by atoms with E-state index in [4.69, 9.17) is 5.73 Å². The Kier molecular flexibility index (Phi) is 3.83. The summed E-state index contributed by atoms with van der Waals surface area (Å²) in [5, 5.41) is 2.38. The van der Waals surface area contributed by atoms with E-state index in [9.17, 15) is 12.8 Å². The van der Waals surface area contributed by atoms with Crippen LogP contribution in [0, 0.1) is 12.7 Å². The maximum absolute atomic E-state index is 13.5. The van der Waals surface area contributed by atoms with Crippen LogP contribution in [0.1, 0.15) is 10.6 Å². The number of hydrogen-bond acceptors (Lipinski definition) is 5. The van der Waals surface area contributed by atoms with E-state index < -0.39 is 15.8 Å². The lowest BCUT2D eigenvalue weighted by atomic mass is 10.2. The highest BCUT2D eigenvalue weighted by Gasteiger charge is 2.19. The van der Waals surface area contributed by atoms with Gasteiger partial charge in [0, 0.05) is 22.8 Å². The molecule has 2 aromatic rings. The van der Waals surface area contributed by atoms with Crippen molar-refractivity contribution in [1.29, 1.82) is 0 Å². The van der Waals surface area contributed by atoms with Crippen molar-refractivity contribution in [3.05, 3.63) is 40.1 Å². The van der Waals surface area contributed by atoms with Crippen molar-refractivity contribution in [2.24, 2.45) is 0 Å². The molecular weight excluding hydrogens is 289 g/mol. The molecule has 19 heavy (non-hydrogen) atoms. The van der Waals surface area contributed by atoms with Crippen LogP contribution in [-0.4, -0.2) is 13.4 Å². The number of rotatable bonds is 4. The molecule has 8 heteroatoms. The van der Waals surface area contributed by atoms with Crippen LogP contribution in [0.25, 0.3) is 0 Å². The third-order valence-corrected chi connectivity index (χ3v) is 4.81. The van der Waals surface area contributed by atoms with Crippen LogP contribution < -0.4 is 10.5 Å². The molecule has 0 bridgehead atoms. The van der Waals surface area contributed by atoms with Gasteiger partial charge in [-0.2, -0.15) is 0 Å². The highest BCUT2D eigenvalue weighted by molar-refractivity contribution is 7.89. The van der Waals surface area contributed by atoms with Crippen LogP contribution in [-0.2, 0) is 16.6 Å². The van der Waals surface area contributed by atoms with Crippen molar-refractivity contribution >= 4 is 27.0 Å². The van der Waals surface area contributed by atoms with Crippen molar-refractivity contribution in [2.75, 3.05) is 5.73 Å². The lowest BCUT2D eigenvalue weighted by Crippen LogP contribution is -2.24. The Morgan fingerprint density at radius 1 is 1.47 bits per heavy atom. The van der Waals surface area contributed by atoms with Crippen molar-refractivity contribution in [2.45, 2.75) is 18.4 Å². The molecule has 1 heterocycles. The number of sulfonamides is 1. The first-order valence-electron chi connectivity index (χ1n) is 5.34. The molecule has 0 aliphatic carbocycles. The molecule has 0 amide bonds. The van der Waals surface area contributed by atoms with Crippen molar-refractivity contribution in [3.63, 3.8) is 0 Å². The van der Waals surface area contributed by atoms with Crippen LogP contribution in [0.15, 0.2) is 28.6 Å². The Labute approximate surface area is 114 Å². The average molecular weight is 301 g/mol. The van der Waals surface area contributed by atoms with Gasteiger partial charge < -0.3 is 5.73 Å². The molecule has 0 atom stereocenters. The minimum Gasteiger partial charge on any atom is -0.399 e. The fourth-order valence-corrected chi connectivity index (χ4v) is 3.45. The van der Waals surface area contributed by atoms with Crippen LogP contribution in [0.4, 0.5) is 10.1 Å². The first-order chi connectivity index (χ1) is 8.90. The topological polar surface area (TPSA) is 85.1 Å². The van der Waals surface area contributed by atoms with Gasteiger partial charge in [0.1, 0.15) is 10.8 Å². The van der Waals surface area contributed by atoms with Gasteiger partial charge in [0.25, 0.3) is 0 Å². The van der Waals surface area contributed by atoms with Gasteiger partial charge in [0.05, 0.1) is 11.4 Å². The Morgan fingerprint density at radius 2 is 2.21 bits per heavy atom. The Balaban J connectivity index is 2.29. The maximum Gasteiger partial charge on any atom is 0.241 e. The predicted octanol–water partition coefficient (Wildman–Crippen LogP) is 1.65. The highest BCUT2D eigenvalue weighted by atomic mass is 32.2. The second-order valence-electron chi connectivity index (χ2n) is 3.88. The molecule has 102 valence electrons. The summed E-state index contributed by atoms with van der Waals surface area (Å²) >= 11 is 1.33. The molecule has 0 unspecified atom stereocenters. The van der Waals surface area contributed by atoms with Gasteiger partial charge in [-0.15, -0.1) is 11.3 Å². The number of nitrogen functional groups attached to an aromatic ring is 1. The molecule has 0 saturated carbocycles. The predicted molar refractivity (Wildman–Crippen MR) is 71.7 cm³/mol. The molecule has 0 spiro atoms. The van der Waals surface area contributed by atoms with Gasteiger partial charge in [-0.25, -0.2) is 22.5 Å². The summed E-state index contributed by atoms with van der Waals surface area (Å²) in [7, 11) is -3.82. The van der Waals surface area contributed by atoms with Gasteiger partial charge >= 0.3 is 0 Å². The third-order valence-electron chi connectivity index (χ3n) is 2.51. The van der Waals surface area contributed by atoms with E-state index in [1.807, 2.05) is 0 Å². The molecule has 1 aromatic heterocycles. The molecule has 0 aliphatic rings. The van der Waals surface area contributed by atoms with E-state index in [2.05, 4.69) is 9.71 Å². The molecule has 0 aliphatic heterocycles. The van der Waals surface area contributed by atoms with E-state index in [1.54, 1.807) is 11.6 Å². The number of nitrogens with zero attached hydrogens (tertiary/aromatic N) is 1. The van der Waals surface area contributed by atoms with Gasteiger partial charge in [-0.05, 0) is 19.1 Å². The summed E-state index contributed by atoms with van der Waals surface area (Å²) in [6, 6.07) is 2.33. The summed E-state index contributed by atoms with van der Waals surface area (Å²) in [6.45, 7) is 1.46. The largest absolute Gasteiger partial charge is 0.399 e. The number of anilines is 1. The molecule has 0 fully saturated rings. The lowest BCUT2D eigenvalue weighted by molar-refractivity contribution is 0.574. The zero-order valence-corrected chi connectivity index (χ0v) is 11.7. The number of benzene rings is 1. The summed E-state index contributed by atoms with van der Waals surface area (Å²) in [5.41, 5.74) is 5.58. The second-order valence-corrected chi connectivity index (χ2v) is 6.59. The standard InChI is InChI=1S/C11H12FN3O2S2/c1-7-9(12)4-8(13)5-10(7)19(16,17)15-6-11-14-2-3-18-11/h2-5,15H,6,13H2,1H3. The minimum atomic E-state index is -3.82. The van der Waals surface area contributed by atoms with Crippen molar-refractivity contribution < 1.29 is 12.8 Å². The molecule has 3 N–H and O–H groups in total. The number of thiazole rings is 1. The molecule has 2 rings (SSSR count). The normalized spacial score (nSPS) is 11.7. The number of nitrogens with two attached hydrogens (primary N) is 1. The number of halogens is 1. The zero-order chi connectivity index (χ0) is 14.0.